The van der Waals surface area contributed by atoms with Gasteiger partial charge in [-0.3, -0.25) is 0 Å². The van der Waals surface area contributed by atoms with E-state index in [-0.39, 0.29) is 5.54 Å². The second-order valence-electron chi connectivity index (χ2n) is 4.01. The molecule has 1 aliphatic rings. The Morgan fingerprint density at radius 3 is 2.67 bits per heavy atom. The molecule has 0 bridgehead atoms. The number of nitrogens with zero attached hydrogens (tertiary/aromatic N) is 3. The summed E-state index contributed by atoms with van der Waals surface area (Å²) in [5, 5.41) is 12.0. The first-order chi connectivity index (χ1) is 7.28. The molecule has 0 atom stereocenters. The average molecular weight is 202 g/mol. The van der Waals surface area contributed by atoms with Crippen LogP contribution in [-0.4, -0.2) is 15.5 Å². The Balaban J connectivity index is 2.08. The summed E-state index contributed by atoms with van der Waals surface area (Å²) >= 11 is 0. The zero-order valence-corrected chi connectivity index (χ0v) is 8.82. The van der Waals surface area contributed by atoms with Gasteiger partial charge in [0, 0.05) is 5.54 Å². The first-order valence-electron chi connectivity index (χ1n) is 5.28. The summed E-state index contributed by atoms with van der Waals surface area (Å²) in [6.45, 7) is 2.18. The number of rotatable bonds is 3. The van der Waals surface area contributed by atoms with Crippen LogP contribution in [0, 0.1) is 11.3 Å². The Hall–Kier alpha value is -1.63. The largest absolute Gasteiger partial charge is 0.363 e. The van der Waals surface area contributed by atoms with E-state index in [4.69, 9.17) is 5.26 Å². The highest BCUT2D eigenvalue weighted by atomic mass is 15.1. The number of nitrogens with one attached hydrogen (secondary N) is 1. The molecule has 1 heterocycles. The van der Waals surface area contributed by atoms with Gasteiger partial charge in [0.1, 0.15) is 11.9 Å². The number of nitriles is 1. The average Bonchev–Trinajstić information content (AvgIpc) is 2.24. The summed E-state index contributed by atoms with van der Waals surface area (Å²) in [6, 6.07) is 1.96. The molecular weight excluding hydrogens is 188 g/mol. The molecule has 0 spiro atoms. The molecule has 0 radical (unpaired) electrons. The standard InChI is InChI=1S/C11H14N4/c1-2-11(4-3-5-11)15-10-8-13-9(6-12)7-14-10/h7-8H,2-5H2,1H3,(H,14,15). The molecule has 1 N–H and O–H groups in total. The zero-order chi connectivity index (χ0) is 10.7. The lowest BCUT2D eigenvalue weighted by atomic mass is 9.75. The van der Waals surface area contributed by atoms with Crippen molar-refractivity contribution in [3.63, 3.8) is 0 Å². The fraction of sp³-hybridized carbons (Fsp3) is 0.545. The highest BCUT2D eigenvalue weighted by Gasteiger charge is 2.35. The number of aromatic nitrogens is 2. The fourth-order valence-corrected chi connectivity index (χ4v) is 1.89. The smallest absolute Gasteiger partial charge is 0.158 e. The minimum atomic E-state index is 0.225. The Bertz CT molecular complexity index is 367. The van der Waals surface area contributed by atoms with Gasteiger partial charge >= 0.3 is 0 Å². The third-order valence-electron chi connectivity index (χ3n) is 3.15. The molecule has 1 saturated carbocycles. The van der Waals surface area contributed by atoms with E-state index in [9.17, 15) is 0 Å². The van der Waals surface area contributed by atoms with E-state index in [2.05, 4.69) is 22.2 Å². The van der Waals surface area contributed by atoms with Gasteiger partial charge in [-0.25, -0.2) is 9.97 Å². The minimum Gasteiger partial charge on any atom is -0.363 e. The lowest BCUT2D eigenvalue weighted by Crippen LogP contribution is -2.44. The van der Waals surface area contributed by atoms with Gasteiger partial charge in [-0.1, -0.05) is 6.92 Å². The second kappa shape index (κ2) is 3.85. The zero-order valence-electron chi connectivity index (χ0n) is 8.82. The monoisotopic (exact) mass is 202 g/mol. The van der Waals surface area contributed by atoms with Gasteiger partial charge in [0.05, 0.1) is 12.4 Å². The van der Waals surface area contributed by atoms with Crippen molar-refractivity contribution in [1.82, 2.24) is 9.97 Å². The molecule has 0 unspecified atom stereocenters. The predicted molar refractivity (Wildman–Crippen MR) is 57.2 cm³/mol. The Kier molecular flexibility index (Phi) is 2.55. The van der Waals surface area contributed by atoms with Gasteiger partial charge in [-0.2, -0.15) is 5.26 Å². The second-order valence-corrected chi connectivity index (χ2v) is 4.01. The van der Waals surface area contributed by atoms with Crippen LogP contribution in [0.25, 0.3) is 0 Å². The highest BCUT2D eigenvalue weighted by Crippen LogP contribution is 2.37. The van der Waals surface area contributed by atoms with E-state index in [1.165, 1.54) is 25.5 Å². The summed E-state index contributed by atoms with van der Waals surface area (Å²) in [7, 11) is 0. The van der Waals surface area contributed by atoms with E-state index in [0.717, 1.165) is 12.2 Å². The Morgan fingerprint density at radius 1 is 1.47 bits per heavy atom. The maximum Gasteiger partial charge on any atom is 0.158 e. The Morgan fingerprint density at radius 2 is 2.27 bits per heavy atom. The molecule has 0 aliphatic heterocycles. The molecule has 78 valence electrons. The third-order valence-corrected chi connectivity index (χ3v) is 3.15. The van der Waals surface area contributed by atoms with Crippen LogP contribution in [0.5, 0.6) is 0 Å². The van der Waals surface area contributed by atoms with Crippen molar-refractivity contribution in [2.24, 2.45) is 0 Å². The third kappa shape index (κ3) is 1.91. The summed E-state index contributed by atoms with van der Waals surface area (Å²) < 4.78 is 0. The van der Waals surface area contributed by atoms with E-state index >= 15 is 0 Å². The van der Waals surface area contributed by atoms with Gasteiger partial charge in [0.15, 0.2) is 5.69 Å². The first kappa shape index (κ1) is 9.91. The SMILES string of the molecule is CCC1(Nc2cnc(C#N)cn2)CCC1. The number of hydrogen-bond acceptors (Lipinski definition) is 4. The van der Waals surface area contributed by atoms with Crippen molar-refractivity contribution in [1.29, 1.82) is 5.26 Å². The molecule has 4 heteroatoms. The molecule has 0 amide bonds. The quantitative estimate of drug-likeness (QED) is 0.815. The van der Waals surface area contributed by atoms with E-state index in [1.54, 1.807) is 6.20 Å². The Labute approximate surface area is 89.4 Å². The molecule has 4 nitrogen and oxygen atoms in total. The minimum absolute atomic E-state index is 0.225. The van der Waals surface area contributed by atoms with Crippen molar-refractivity contribution in [2.75, 3.05) is 5.32 Å². The van der Waals surface area contributed by atoms with Crippen LogP contribution in [0.15, 0.2) is 12.4 Å². The molecule has 1 aromatic rings. The normalized spacial score (nSPS) is 17.6. The van der Waals surface area contributed by atoms with E-state index in [0.29, 0.717) is 5.69 Å². The van der Waals surface area contributed by atoms with Crippen LogP contribution in [0.1, 0.15) is 38.3 Å². The summed E-state index contributed by atoms with van der Waals surface area (Å²) in [5.74, 6) is 0.774. The summed E-state index contributed by atoms with van der Waals surface area (Å²) in [6.07, 6.45) is 7.92. The molecular formula is C11H14N4. The van der Waals surface area contributed by atoms with Crippen molar-refractivity contribution in [3.8, 4) is 6.07 Å². The lowest BCUT2D eigenvalue weighted by molar-refractivity contribution is 0.268. The van der Waals surface area contributed by atoms with Crippen molar-refractivity contribution in [2.45, 2.75) is 38.1 Å². The van der Waals surface area contributed by atoms with Crippen molar-refractivity contribution >= 4 is 5.82 Å². The summed E-state index contributed by atoms with van der Waals surface area (Å²) in [5.41, 5.74) is 0.586. The first-order valence-corrected chi connectivity index (χ1v) is 5.28. The van der Waals surface area contributed by atoms with Crippen molar-refractivity contribution < 1.29 is 0 Å². The van der Waals surface area contributed by atoms with Crippen LogP contribution in [-0.2, 0) is 0 Å². The molecule has 0 saturated heterocycles. The van der Waals surface area contributed by atoms with Crippen LogP contribution in [0.4, 0.5) is 5.82 Å². The summed E-state index contributed by atoms with van der Waals surface area (Å²) in [4.78, 5) is 8.16. The van der Waals surface area contributed by atoms with Crippen LogP contribution >= 0.6 is 0 Å². The van der Waals surface area contributed by atoms with Crippen LogP contribution < -0.4 is 5.32 Å². The molecule has 1 fully saturated rings. The topological polar surface area (TPSA) is 61.6 Å². The van der Waals surface area contributed by atoms with Gasteiger partial charge < -0.3 is 5.32 Å². The highest BCUT2D eigenvalue weighted by molar-refractivity contribution is 5.37. The van der Waals surface area contributed by atoms with Gasteiger partial charge in [-0.15, -0.1) is 0 Å². The van der Waals surface area contributed by atoms with Gasteiger partial charge in [-0.05, 0) is 25.7 Å². The number of anilines is 1. The molecule has 1 aliphatic carbocycles. The fourth-order valence-electron chi connectivity index (χ4n) is 1.89. The lowest BCUT2D eigenvalue weighted by Gasteiger charge is -2.42. The van der Waals surface area contributed by atoms with Gasteiger partial charge in [0.2, 0.25) is 0 Å². The molecule has 1 aromatic heterocycles. The van der Waals surface area contributed by atoms with E-state index < -0.39 is 0 Å². The van der Waals surface area contributed by atoms with Crippen LogP contribution in [0.3, 0.4) is 0 Å². The van der Waals surface area contributed by atoms with Crippen LogP contribution in [0.2, 0.25) is 0 Å². The maximum absolute atomic E-state index is 8.59. The van der Waals surface area contributed by atoms with E-state index in [1.807, 2.05) is 6.07 Å². The maximum atomic E-state index is 8.59. The van der Waals surface area contributed by atoms with Crippen molar-refractivity contribution in [3.05, 3.63) is 18.1 Å². The molecule has 2 rings (SSSR count). The molecule has 15 heavy (non-hydrogen) atoms. The number of hydrogen-bond donors (Lipinski definition) is 1. The predicted octanol–water partition coefficient (Wildman–Crippen LogP) is 2.09. The molecule has 0 aromatic carbocycles. The van der Waals surface area contributed by atoms with Gasteiger partial charge in [0.25, 0.3) is 0 Å².